The maximum atomic E-state index is 3.43. The summed E-state index contributed by atoms with van der Waals surface area (Å²) in [5.41, 5.74) is 1.61. The fourth-order valence-electron chi connectivity index (χ4n) is 2.55. The lowest BCUT2D eigenvalue weighted by Gasteiger charge is -2.25. The zero-order valence-electron chi connectivity index (χ0n) is 10.7. The molecule has 1 nitrogen and oxygen atoms in total. The summed E-state index contributed by atoms with van der Waals surface area (Å²) in [7, 11) is 0. The van der Waals surface area contributed by atoms with Crippen LogP contribution >= 0.6 is 0 Å². The number of likely N-dealkylation sites (N-methyl/N-ethyl adjacent to an activating group) is 1. The monoisotopic (exact) mass is 209 g/mol. The predicted octanol–water partition coefficient (Wildman–Crippen LogP) is 3.76. The summed E-state index contributed by atoms with van der Waals surface area (Å²) in [6, 6.07) is 0. The van der Waals surface area contributed by atoms with Crippen molar-refractivity contribution in [3.63, 3.8) is 0 Å². The summed E-state index contributed by atoms with van der Waals surface area (Å²) in [4.78, 5) is 0. The molecule has 15 heavy (non-hydrogen) atoms. The van der Waals surface area contributed by atoms with Crippen LogP contribution < -0.4 is 5.32 Å². The van der Waals surface area contributed by atoms with Crippen LogP contribution in [0.2, 0.25) is 0 Å². The standard InChI is InChI=1S/C14H27N/c1-4-13(11-15-5-2)10-14-8-6-7-12(3)9-14/h10,12,14-15H,4-9,11H2,1-3H3/b13-10-. The summed E-state index contributed by atoms with van der Waals surface area (Å²) in [6.07, 6.45) is 9.46. The molecule has 88 valence electrons. The first-order chi connectivity index (χ1) is 7.26. The zero-order chi connectivity index (χ0) is 11.1. The van der Waals surface area contributed by atoms with Crippen LogP contribution in [-0.2, 0) is 0 Å². The van der Waals surface area contributed by atoms with Gasteiger partial charge in [0.05, 0.1) is 0 Å². The van der Waals surface area contributed by atoms with Crippen molar-refractivity contribution in [2.24, 2.45) is 11.8 Å². The highest BCUT2D eigenvalue weighted by molar-refractivity contribution is 5.06. The van der Waals surface area contributed by atoms with Crippen molar-refractivity contribution in [3.8, 4) is 0 Å². The van der Waals surface area contributed by atoms with Gasteiger partial charge in [-0.3, -0.25) is 0 Å². The first-order valence-electron chi connectivity index (χ1n) is 6.66. The summed E-state index contributed by atoms with van der Waals surface area (Å²) in [5, 5.41) is 3.43. The minimum absolute atomic E-state index is 0.863. The highest BCUT2D eigenvalue weighted by Crippen LogP contribution is 2.30. The van der Waals surface area contributed by atoms with Gasteiger partial charge in [-0.1, -0.05) is 45.3 Å². The Hall–Kier alpha value is -0.300. The third-order valence-corrected chi connectivity index (χ3v) is 3.50. The van der Waals surface area contributed by atoms with Crippen LogP contribution in [0.3, 0.4) is 0 Å². The number of nitrogens with one attached hydrogen (secondary N) is 1. The Morgan fingerprint density at radius 2 is 2.13 bits per heavy atom. The molecule has 1 aliphatic rings. The van der Waals surface area contributed by atoms with E-state index in [0.717, 1.165) is 24.9 Å². The van der Waals surface area contributed by atoms with Gasteiger partial charge >= 0.3 is 0 Å². The van der Waals surface area contributed by atoms with Crippen molar-refractivity contribution in [1.29, 1.82) is 0 Å². The average molecular weight is 209 g/mol. The number of rotatable bonds is 5. The number of hydrogen-bond acceptors (Lipinski definition) is 1. The molecular formula is C14H27N. The molecule has 1 fully saturated rings. The molecule has 1 rings (SSSR count). The van der Waals surface area contributed by atoms with Crippen LogP contribution in [0.4, 0.5) is 0 Å². The molecule has 1 heteroatoms. The topological polar surface area (TPSA) is 12.0 Å². The van der Waals surface area contributed by atoms with Crippen LogP contribution in [-0.4, -0.2) is 13.1 Å². The van der Waals surface area contributed by atoms with E-state index in [1.165, 1.54) is 32.1 Å². The second kappa shape index (κ2) is 7.05. The van der Waals surface area contributed by atoms with Gasteiger partial charge in [-0.15, -0.1) is 0 Å². The number of hydrogen-bond donors (Lipinski definition) is 1. The van der Waals surface area contributed by atoms with Crippen LogP contribution in [0.25, 0.3) is 0 Å². The molecule has 1 N–H and O–H groups in total. The summed E-state index contributed by atoms with van der Waals surface area (Å²) in [6.45, 7) is 9.03. The Labute approximate surface area is 95.3 Å². The van der Waals surface area contributed by atoms with E-state index in [1.807, 2.05) is 0 Å². The molecule has 1 aliphatic carbocycles. The largest absolute Gasteiger partial charge is 0.313 e. The number of allylic oxidation sites excluding steroid dienone is 1. The molecule has 0 aromatic heterocycles. The third kappa shape index (κ3) is 4.83. The molecule has 0 aromatic carbocycles. The Morgan fingerprint density at radius 1 is 1.33 bits per heavy atom. The Kier molecular flexibility index (Phi) is 6.00. The van der Waals surface area contributed by atoms with Gasteiger partial charge in [-0.05, 0) is 37.6 Å². The molecular weight excluding hydrogens is 182 g/mol. The van der Waals surface area contributed by atoms with Crippen molar-refractivity contribution < 1.29 is 0 Å². The first kappa shape index (κ1) is 12.8. The van der Waals surface area contributed by atoms with Crippen LogP contribution in [0.15, 0.2) is 11.6 Å². The molecule has 2 unspecified atom stereocenters. The van der Waals surface area contributed by atoms with E-state index < -0.39 is 0 Å². The second-order valence-corrected chi connectivity index (χ2v) is 4.99. The van der Waals surface area contributed by atoms with Gasteiger partial charge in [-0.2, -0.15) is 0 Å². The van der Waals surface area contributed by atoms with E-state index in [1.54, 1.807) is 5.57 Å². The van der Waals surface area contributed by atoms with Crippen LogP contribution in [0, 0.1) is 11.8 Å². The highest BCUT2D eigenvalue weighted by Gasteiger charge is 2.17. The highest BCUT2D eigenvalue weighted by atomic mass is 14.8. The zero-order valence-corrected chi connectivity index (χ0v) is 10.7. The Balaban J connectivity index is 2.42. The van der Waals surface area contributed by atoms with Crippen molar-refractivity contribution in [1.82, 2.24) is 5.32 Å². The third-order valence-electron chi connectivity index (χ3n) is 3.50. The van der Waals surface area contributed by atoms with Gasteiger partial charge in [0.15, 0.2) is 0 Å². The molecule has 0 aromatic rings. The van der Waals surface area contributed by atoms with Gasteiger partial charge in [0.25, 0.3) is 0 Å². The minimum Gasteiger partial charge on any atom is -0.313 e. The van der Waals surface area contributed by atoms with Gasteiger partial charge in [0.2, 0.25) is 0 Å². The minimum atomic E-state index is 0.863. The van der Waals surface area contributed by atoms with Crippen molar-refractivity contribution in [2.45, 2.75) is 52.9 Å². The molecule has 0 radical (unpaired) electrons. The summed E-state index contributed by atoms with van der Waals surface area (Å²) in [5.74, 6) is 1.81. The Morgan fingerprint density at radius 3 is 2.73 bits per heavy atom. The molecule has 0 heterocycles. The summed E-state index contributed by atoms with van der Waals surface area (Å²) >= 11 is 0. The molecule has 1 saturated carbocycles. The maximum Gasteiger partial charge on any atom is 0.0164 e. The van der Waals surface area contributed by atoms with Crippen molar-refractivity contribution in [2.75, 3.05) is 13.1 Å². The fraction of sp³-hybridized carbons (Fsp3) is 0.857. The quantitative estimate of drug-likeness (QED) is 0.680. The fourth-order valence-corrected chi connectivity index (χ4v) is 2.55. The second-order valence-electron chi connectivity index (χ2n) is 4.99. The van der Waals surface area contributed by atoms with Gasteiger partial charge < -0.3 is 5.32 Å². The SMILES string of the molecule is CCNC/C(=C\C1CCCC(C)C1)CC. The molecule has 0 bridgehead atoms. The van der Waals surface area contributed by atoms with E-state index in [4.69, 9.17) is 0 Å². The van der Waals surface area contributed by atoms with Crippen molar-refractivity contribution in [3.05, 3.63) is 11.6 Å². The molecule has 2 atom stereocenters. The molecule has 0 saturated heterocycles. The maximum absolute atomic E-state index is 3.43. The predicted molar refractivity (Wildman–Crippen MR) is 68.0 cm³/mol. The lowest BCUT2D eigenvalue weighted by Crippen LogP contribution is -2.18. The summed E-state index contributed by atoms with van der Waals surface area (Å²) < 4.78 is 0. The van der Waals surface area contributed by atoms with Gasteiger partial charge in [0, 0.05) is 6.54 Å². The van der Waals surface area contributed by atoms with E-state index in [9.17, 15) is 0 Å². The lowest BCUT2D eigenvalue weighted by molar-refractivity contribution is 0.324. The molecule has 0 aliphatic heterocycles. The molecule has 0 amide bonds. The smallest absolute Gasteiger partial charge is 0.0164 e. The van der Waals surface area contributed by atoms with E-state index in [0.29, 0.717) is 0 Å². The lowest BCUT2D eigenvalue weighted by atomic mass is 9.81. The van der Waals surface area contributed by atoms with Crippen molar-refractivity contribution >= 4 is 0 Å². The van der Waals surface area contributed by atoms with Crippen LogP contribution in [0.1, 0.15) is 52.9 Å². The first-order valence-corrected chi connectivity index (χ1v) is 6.66. The molecule has 0 spiro atoms. The normalized spacial score (nSPS) is 28.1. The van der Waals surface area contributed by atoms with Crippen LogP contribution in [0.5, 0.6) is 0 Å². The van der Waals surface area contributed by atoms with E-state index >= 15 is 0 Å². The van der Waals surface area contributed by atoms with Gasteiger partial charge in [-0.25, -0.2) is 0 Å². The van der Waals surface area contributed by atoms with Gasteiger partial charge in [0.1, 0.15) is 0 Å². The average Bonchev–Trinajstić information content (AvgIpc) is 2.24. The van der Waals surface area contributed by atoms with E-state index in [-0.39, 0.29) is 0 Å². The Bertz CT molecular complexity index is 196. The van der Waals surface area contributed by atoms with E-state index in [2.05, 4.69) is 32.2 Å².